The van der Waals surface area contributed by atoms with Gasteiger partial charge < -0.3 is 43.7 Å². The van der Waals surface area contributed by atoms with Crippen molar-refractivity contribution < 1.29 is 62.9 Å². The van der Waals surface area contributed by atoms with E-state index in [0.29, 0.717) is 56.0 Å². The number of rotatable bonds is 12. The zero-order valence-corrected chi connectivity index (χ0v) is 43.3. The van der Waals surface area contributed by atoms with Crippen molar-refractivity contribution in [1.29, 1.82) is 0 Å². The van der Waals surface area contributed by atoms with Gasteiger partial charge in [0.1, 0.15) is 36.3 Å². The van der Waals surface area contributed by atoms with Gasteiger partial charge in [-0.25, -0.2) is 0 Å². The number of fused-ring (bicyclic) bond motifs is 1. The number of phenolic OH excluding ortho intramolecular Hbond substituents is 1. The summed E-state index contributed by atoms with van der Waals surface area (Å²) in [5.74, 6) is 0.939. The number of hydrogen-bond acceptors (Lipinski definition) is 13. The number of phenols is 1. The molecule has 9 aliphatic rings. The standard InChI is InChI=1S/C16H26O4.C15H26O4.C14H20O4.C10H14O/c1-4-13(2,3)12(17)20-16-7-11-5-14(18,9-16)8-15(19,6-11)10-16;1-4-14(2,3)13(16)17-10-12-11-18-15(19-12)8-6-5-7-9-15;1-4-14(2,3)13(16)18-10-7-5-8-9(6-7)12(15)17-11(8)10;1-3-8(2)9-4-6-10(11)7-5-9/h11,18-19H,4-10H2,1-3H3;12H,4-11H2,1-3H3;7-11H,4-6H2,1-3H3;4-8,11H,3H2,1-2H3. The first kappa shape index (κ1) is 54.1. The molecule has 2 saturated heterocycles. The summed E-state index contributed by atoms with van der Waals surface area (Å²) < 4.78 is 34.1. The van der Waals surface area contributed by atoms with E-state index in [0.717, 1.165) is 83.5 Å². The van der Waals surface area contributed by atoms with Gasteiger partial charge in [-0.15, -0.1) is 0 Å². The lowest BCUT2D eigenvalue weighted by Gasteiger charge is -2.62. The van der Waals surface area contributed by atoms with E-state index in [1.807, 2.05) is 74.4 Å². The number of esters is 4. The molecule has 9 atom stereocenters. The SMILES string of the molecule is CCC(C)(C)C(=O)OC12CC3CC(O)(CC(O)(C3)C1)C2.CCC(C)(C)C(=O)OC1C2CC3C(=O)OC1C3C2.CCC(C)(C)C(=O)OCC1COC2(CCCCC2)O1.CCC(C)c1ccc(O)cc1. The molecule has 0 aromatic heterocycles. The van der Waals surface area contributed by atoms with Gasteiger partial charge in [0.25, 0.3) is 0 Å². The molecule has 13 nitrogen and oxygen atoms in total. The van der Waals surface area contributed by atoms with Crippen LogP contribution in [-0.2, 0) is 47.6 Å². The first-order chi connectivity index (χ1) is 31.7. The topological polar surface area (TPSA) is 184 Å². The molecule has 384 valence electrons. The van der Waals surface area contributed by atoms with E-state index >= 15 is 0 Å². The minimum absolute atomic E-state index is 0.0779. The fraction of sp³-hybridized carbons (Fsp3) is 0.818. The molecule has 2 heterocycles. The zero-order chi connectivity index (χ0) is 50.1. The summed E-state index contributed by atoms with van der Waals surface area (Å²) in [4.78, 5) is 48.0. The summed E-state index contributed by atoms with van der Waals surface area (Å²) in [6, 6.07) is 7.43. The highest BCUT2D eigenvalue weighted by atomic mass is 16.8. The quantitative estimate of drug-likeness (QED) is 0.133. The lowest BCUT2D eigenvalue weighted by Crippen LogP contribution is -2.67. The van der Waals surface area contributed by atoms with Crippen LogP contribution in [0.25, 0.3) is 0 Å². The van der Waals surface area contributed by atoms with Gasteiger partial charge in [0.15, 0.2) is 5.79 Å². The molecule has 2 aliphatic heterocycles. The van der Waals surface area contributed by atoms with Crippen LogP contribution in [0, 0.1) is 39.9 Å². The van der Waals surface area contributed by atoms with Crippen LogP contribution in [0.4, 0.5) is 0 Å². The molecule has 6 bridgehead atoms. The van der Waals surface area contributed by atoms with Gasteiger partial charge >= 0.3 is 23.9 Å². The summed E-state index contributed by atoms with van der Waals surface area (Å²) in [5, 5.41) is 30.3. The van der Waals surface area contributed by atoms with E-state index in [2.05, 4.69) is 13.8 Å². The largest absolute Gasteiger partial charge is 0.508 e. The maximum Gasteiger partial charge on any atom is 0.312 e. The molecule has 1 aromatic rings. The fourth-order valence-electron chi connectivity index (χ4n) is 11.9. The van der Waals surface area contributed by atoms with Gasteiger partial charge in [-0.05, 0) is 142 Å². The highest BCUT2D eigenvalue weighted by Gasteiger charge is 2.65. The molecule has 7 aliphatic carbocycles. The van der Waals surface area contributed by atoms with E-state index in [1.54, 1.807) is 12.1 Å². The van der Waals surface area contributed by atoms with Crippen LogP contribution in [0.2, 0.25) is 0 Å². The van der Waals surface area contributed by atoms with Gasteiger partial charge in [-0.3, -0.25) is 19.2 Å². The van der Waals surface area contributed by atoms with Crippen molar-refractivity contribution >= 4 is 23.9 Å². The summed E-state index contributed by atoms with van der Waals surface area (Å²) >= 11 is 0. The Morgan fingerprint density at radius 1 is 0.779 bits per heavy atom. The molecule has 3 N–H and O–H groups in total. The van der Waals surface area contributed by atoms with Crippen molar-refractivity contribution in [2.75, 3.05) is 13.2 Å². The van der Waals surface area contributed by atoms with Gasteiger partial charge in [0.2, 0.25) is 0 Å². The second-order valence-corrected chi connectivity index (χ2v) is 24.0. The molecule has 68 heavy (non-hydrogen) atoms. The van der Waals surface area contributed by atoms with E-state index in [9.17, 15) is 29.4 Å². The summed E-state index contributed by atoms with van der Waals surface area (Å²) in [7, 11) is 0. The van der Waals surface area contributed by atoms with Crippen molar-refractivity contribution in [2.45, 2.75) is 232 Å². The second-order valence-electron chi connectivity index (χ2n) is 24.0. The van der Waals surface area contributed by atoms with Crippen LogP contribution in [0.1, 0.15) is 197 Å². The number of hydrogen-bond donors (Lipinski definition) is 3. The van der Waals surface area contributed by atoms with Gasteiger partial charge in [-0.2, -0.15) is 0 Å². The van der Waals surface area contributed by atoms with Crippen LogP contribution in [0.5, 0.6) is 5.75 Å². The Kier molecular flexibility index (Phi) is 16.6. The van der Waals surface area contributed by atoms with Gasteiger partial charge in [-0.1, -0.05) is 53.2 Å². The molecular weight excluding hydrogens is 869 g/mol. The van der Waals surface area contributed by atoms with Crippen LogP contribution >= 0.6 is 0 Å². The third kappa shape index (κ3) is 12.2. The van der Waals surface area contributed by atoms with E-state index < -0.39 is 33.0 Å². The predicted octanol–water partition coefficient (Wildman–Crippen LogP) is 10.0. The van der Waals surface area contributed by atoms with Crippen LogP contribution in [0.15, 0.2) is 24.3 Å². The zero-order valence-electron chi connectivity index (χ0n) is 43.3. The molecular formula is C55H86O13. The lowest BCUT2D eigenvalue weighted by atomic mass is 9.50. The highest BCUT2D eigenvalue weighted by Crippen LogP contribution is 2.61. The Labute approximate surface area is 406 Å². The molecule has 1 spiro atoms. The summed E-state index contributed by atoms with van der Waals surface area (Å²) in [6.07, 6.45) is 14.0. The number of aliphatic hydroxyl groups is 2. The molecule has 10 rings (SSSR count). The molecule has 13 heteroatoms. The first-order valence-corrected chi connectivity index (χ1v) is 26.1. The van der Waals surface area contributed by atoms with Crippen molar-refractivity contribution in [3.8, 4) is 5.75 Å². The minimum atomic E-state index is -0.842. The van der Waals surface area contributed by atoms with E-state index in [1.165, 1.54) is 12.0 Å². The molecule has 0 amide bonds. The van der Waals surface area contributed by atoms with Crippen LogP contribution in [-0.4, -0.2) is 93.3 Å². The number of benzene rings is 1. The molecule has 9 fully saturated rings. The predicted molar refractivity (Wildman–Crippen MR) is 256 cm³/mol. The van der Waals surface area contributed by atoms with Crippen LogP contribution in [0.3, 0.4) is 0 Å². The Morgan fingerprint density at radius 3 is 1.91 bits per heavy atom. The second kappa shape index (κ2) is 20.8. The van der Waals surface area contributed by atoms with Gasteiger partial charge in [0.05, 0.1) is 40.0 Å². The van der Waals surface area contributed by atoms with Crippen molar-refractivity contribution in [3.63, 3.8) is 0 Å². The van der Waals surface area contributed by atoms with Crippen molar-refractivity contribution in [1.82, 2.24) is 0 Å². The summed E-state index contributed by atoms with van der Waals surface area (Å²) in [6.45, 7) is 22.5. The number of aromatic hydroxyl groups is 1. The lowest BCUT2D eigenvalue weighted by molar-refractivity contribution is -0.264. The third-order valence-corrected chi connectivity index (χ3v) is 17.2. The fourth-order valence-corrected chi connectivity index (χ4v) is 11.9. The number of ether oxygens (including phenoxy) is 6. The Morgan fingerprint density at radius 2 is 1.35 bits per heavy atom. The molecule has 9 unspecified atom stereocenters. The van der Waals surface area contributed by atoms with Crippen molar-refractivity contribution in [3.05, 3.63) is 29.8 Å². The normalized spacial score (nSPS) is 34.1. The molecule has 7 saturated carbocycles. The average Bonchev–Trinajstić information content (AvgIpc) is 4.03. The monoisotopic (exact) mass is 955 g/mol. The minimum Gasteiger partial charge on any atom is -0.508 e. The maximum atomic E-state index is 12.4. The molecule has 1 aromatic carbocycles. The Balaban J connectivity index is 0.000000152. The smallest absolute Gasteiger partial charge is 0.312 e. The van der Waals surface area contributed by atoms with Crippen LogP contribution < -0.4 is 0 Å². The van der Waals surface area contributed by atoms with E-state index in [-0.39, 0.29) is 59.8 Å². The first-order valence-electron chi connectivity index (χ1n) is 26.1. The molecule has 0 radical (unpaired) electrons. The van der Waals surface area contributed by atoms with Crippen molar-refractivity contribution in [2.24, 2.45) is 39.9 Å². The highest BCUT2D eigenvalue weighted by molar-refractivity contribution is 5.79. The van der Waals surface area contributed by atoms with E-state index in [4.69, 9.17) is 33.5 Å². The van der Waals surface area contributed by atoms with Gasteiger partial charge in [0, 0.05) is 43.9 Å². The average molecular weight is 955 g/mol. The summed E-state index contributed by atoms with van der Waals surface area (Å²) in [5.41, 5.74) is -2.41. The number of carbonyl (C=O) groups excluding carboxylic acids is 4. The maximum absolute atomic E-state index is 12.4. The third-order valence-electron chi connectivity index (χ3n) is 17.2. The number of carbonyl (C=O) groups is 4. The Hall–Kier alpha value is -3.26. The Bertz CT molecular complexity index is 1900.